The van der Waals surface area contributed by atoms with E-state index in [4.69, 9.17) is 4.74 Å². The summed E-state index contributed by atoms with van der Waals surface area (Å²) in [5.74, 6) is 0.484. The van der Waals surface area contributed by atoms with Gasteiger partial charge in [-0.05, 0) is 87.2 Å². The summed E-state index contributed by atoms with van der Waals surface area (Å²) in [6.45, 7) is 1.62. The van der Waals surface area contributed by atoms with E-state index in [-0.39, 0.29) is 5.92 Å². The Hall–Kier alpha value is -0.960. The highest BCUT2D eigenvalue weighted by Gasteiger charge is 2.32. The second kappa shape index (κ2) is 7.29. The molecule has 0 saturated heterocycles. The molecule has 0 radical (unpaired) electrons. The first-order valence-electron chi connectivity index (χ1n) is 9.07. The summed E-state index contributed by atoms with van der Waals surface area (Å²) in [5, 5.41) is 0. The van der Waals surface area contributed by atoms with Gasteiger partial charge in [-0.1, -0.05) is 12.1 Å². The van der Waals surface area contributed by atoms with Crippen LogP contribution < -0.4 is 0 Å². The van der Waals surface area contributed by atoms with E-state index in [0.29, 0.717) is 17.2 Å². The Labute approximate surface area is 138 Å². The molecular formula is C20H28F2O. The zero-order chi connectivity index (χ0) is 16.4. The molecule has 0 atom stereocenters. The predicted molar refractivity (Wildman–Crippen MR) is 88.5 cm³/mol. The fourth-order valence-electron chi connectivity index (χ4n) is 4.67. The Bertz CT molecular complexity index is 527. The number of halogens is 2. The van der Waals surface area contributed by atoms with Crippen molar-refractivity contribution in [3.05, 3.63) is 34.9 Å². The van der Waals surface area contributed by atoms with Crippen LogP contribution >= 0.6 is 0 Å². The highest BCUT2D eigenvalue weighted by molar-refractivity contribution is 5.28. The van der Waals surface area contributed by atoms with Crippen LogP contribution in [0.5, 0.6) is 0 Å². The second-order valence-electron chi connectivity index (χ2n) is 7.48. The number of rotatable bonds is 3. The van der Waals surface area contributed by atoms with Gasteiger partial charge in [0.05, 0.1) is 6.10 Å². The molecule has 1 aromatic rings. The van der Waals surface area contributed by atoms with Crippen LogP contribution in [0.2, 0.25) is 0 Å². The summed E-state index contributed by atoms with van der Waals surface area (Å²) < 4.78 is 33.4. The highest BCUT2D eigenvalue weighted by atomic mass is 19.2. The van der Waals surface area contributed by atoms with Crippen molar-refractivity contribution in [3.63, 3.8) is 0 Å². The molecule has 3 heteroatoms. The molecule has 1 nitrogen and oxygen atoms in total. The van der Waals surface area contributed by atoms with Crippen molar-refractivity contribution in [1.29, 1.82) is 0 Å². The standard InChI is InChI=1S/C20H28F2O/c1-13-3-12-18(20(22)19(13)21)16-6-4-14(5-7-16)15-8-10-17(23-2)11-9-15/h3,12,14-17H,4-11H2,1-2H3. The maximum Gasteiger partial charge on any atom is 0.162 e. The van der Waals surface area contributed by atoms with Crippen LogP contribution in [-0.2, 0) is 4.74 Å². The van der Waals surface area contributed by atoms with Gasteiger partial charge in [0, 0.05) is 7.11 Å². The molecule has 2 aliphatic rings. The van der Waals surface area contributed by atoms with Crippen molar-refractivity contribution in [3.8, 4) is 0 Å². The van der Waals surface area contributed by atoms with Crippen molar-refractivity contribution in [2.75, 3.05) is 7.11 Å². The van der Waals surface area contributed by atoms with E-state index in [2.05, 4.69) is 0 Å². The van der Waals surface area contributed by atoms with Gasteiger partial charge in [0.1, 0.15) is 0 Å². The molecule has 0 bridgehead atoms. The molecule has 2 saturated carbocycles. The predicted octanol–water partition coefficient (Wildman–Crippen LogP) is 5.75. The SMILES string of the molecule is COC1CCC(C2CCC(c3ccc(C)c(F)c3F)CC2)CC1. The number of ether oxygens (including phenoxy) is 1. The van der Waals surface area contributed by atoms with Gasteiger partial charge in [-0.25, -0.2) is 8.78 Å². The van der Waals surface area contributed by atoms with Crippen molar-refractivity contribution in [2.24, 2.45) is 11.8 Å². The van der Waals surface area contributed by atoms with E-state index in [1.54, 1.807) is 19.1 Å². The van der Waals surface area contributed by atoms with Crippen molar-refractivity contribution < 1.29 is 13.5 Å². The van der Waals surface area contributed by atoms with Gasteiger partial charge in [0.25, 0.3) is 0 Å². The number of benzene rings is 1. The lowest BCUT2D eigenvalue weighted by Crippen LogP contribution is -2.28. The summed E-state index contributed by atoms with van der Waals surface area (Å²) in [4.78, 5) is 0. The first kappa shape index (κ1) is 16.9. The van der Waals surface area contributed by atoms with Crippen LogP contribution in [0.15, 0.2) is 12.1 Å². The number of aryl methyl sites for hydroxylation is 1. The minimum atomic E-state index is -0.664. The number of hydrogen-bond donors (Lipinski definition) is 0. The molecule has 0 amide bonds. The van der Waals surface area contributed by atoms with Gasteiger partial charge in [-0.3, -0.25) is 0 Å². The largest absolute Gasteiger partial charge is 0.381 e. The Morgan fingerprint density at radius 2 is 1.39 bits per heavy atom. The summed E-state index contributed by atoms with van der Waals surface area (Å²) >= 11 is 0. The Kier molecular flexibility index (Phi) is 5.35. The summed E-state index contributed by atoms with van der Waals surface area (Å²) in [6.07, 6.45) is 9.64. The van der Waals surface area contributed by atoms with Crippen LogP contribution in [0.25, 0.3) is 0 Å². The lowest BCUT2D eigenvalue weighted by molar-refractivity contribution is 0.0410. The maximum atomic E-state index is 14.2. The van der Waals surface area contributed by atoms with E-state index >= 15 is 0 Å². The first-order chi connectivity index (χ1) is 11.1. The Morgan fingerprint density at radius 1 is 0.826 bits per heavy atom. The molecular weight excluding hydrogens is 294 g/mol. The normalized spacial score (nSPS) is 32.0. The van der Waals surface area contributed by atoms with Gasteiger partial charge < -0.3 is 4.74 Å². The van der Waals surface area contributed by atoms with Crippen LogP contribution in [-0.4, -0.2) is 13.2 Å². The summed E-state index contributed by atoms with van der Waals surface area (Å²) in [6, 6.07) is 3.51. The zero-order valence-electron chi connectivity index (χ0n) is 14.3. The molecule has 2 aliphatic carbocycles. The summed E-state index contributed by atoms with van der Waals surface area (Å²) in [7, 11) is 1.81. The van der Waals surface area contributed by atoms with Gasteiger partial charge >= 0.3 is 0 Å². The second-order valence-corrected chi connectivity index (χ2v) is 7.48. The lowest BCUT2D eigenvalue weighted by atomic mass is 9.69. The third kappa shape index (κ3) is 3.60. The van der Waals surface area contributed by atoms with E-state index in [9.17, 15) is 8.78 Å². The molecule has 2 fully saturated rings. The molecule has 23 heavy (non-hydrogen) atoms. The van der Waals surface area contributed by atoms with E-state index in [1.807, 2.05) is 7.11 Å². The zero-order valence-corrected chi connectivity index (χ0v) is 14.3. The molecule has 0 aromatic heterocycles. The number of methoxy groups -OCH3 is 1. The topological polar surface area (TPSA) is 9.23 Å². The summed E-state index contributed by atoms with van der Waals surface area (Å²) in [5.41, 5.74) is 0.990. The first-order valence-corrected chi connectivity index (χ1v) is 9.07. The van der Waals surface area contributed by atoms with E-state index in [1.165, 1.54) is 25.7 Å². The monoisotopic (exact) mass is 322 g/mol. The fourth-order valence-corrected chi connectivity index (χ4v) is 4.67. The van der Waals surface area contributed by atoms with Crippen molar-refractivity contribution >= 4 is 0 Å². The van der Waals surface area contributed by atoms with Crippen molar-refractivity contribution in [2.45, 2.75) is 70.3 Å². The van der Waals surface area contributed by atoms with Crippen LogP contribution in [0.4, 0.5) is 8.78 Å². The molecule has 0 unspecified atom stereocenters. The third-order valence-corrected chi connectivity index (χ3v) is 6.24. The molecule has 3 rings (SSSR count). The van der Waals surface area contributed by atoms with Gasteiger partial charge in [-0.15, -0.1) is 0 Å². The average Bonchev–Trinajstić information content (AvgIpc) is 2.60. The molecule has 0 heterocycles. The molecule has 1 aromatic carbocycles. The van der Waals surface area contributed by atoms with Crippen LogP contribution in [0.1, 0.15) is 68.4 Å². The van der Waals surface area contributed by atoms with E-state index < -0.39 is 11.6 Å². The minimum Gasteiger partial charge on any atom is -0.381 e. The fraction of sp³-hybridized carbons (Fsp3) is 0.700. The Morgan fingerprint density at radius 3 is 1.96 bits per heavy atom. The average molecular weight is 322 g/mol. The third-order valence-electron chi connectivity index (χ3n) is 6.24. The smallest absolute Gasteiger partial charge is 0.162 e. The van der Waals surface area contributed by atoms with Gasteiger partial charge in [0.2, 0.25) is 0 Å². The molecule has 0 N–H and O–H groups in total. The van der Waals surface area contributed by atoms with Crippen molar-refractivity contribution in [1.82, 2.24) is 0 Å². The van der Waals surface area contributed by atoms with Gasteiger partial charge in [0.15, 0.2) is 11.6 Å². The van der Waals surface area contributed by atoms with Gasteiger partial charge in [-0.2, -0.15) is 0 Å². The maximum absolute atomic E-state index is 14.2. The Balaban J connectivity index is 1.58. The molecule has 0 spiro atoms. The highest BCUT2D eigenvalue weighted by Crippen LogP contribution is 2.43. The minimum absolute atomic E-state index is 0.191. The van der Waals surface area contributed by atoms with Crippen LogP contribution in [0, 0.1) is 30.4 Å². The lowest BCUT2D eigenvalue weighted by Gasteiger charge is -2.37. The number of hydrogen-bond acceptors (Lipinski definition) is 1. The molecule has 0 aliphatic heterocycles. The quantitative estimate of drug-likeness (QED) is 0.688. The van der Waals surface area contributed by atoms with E-state index in [0.717, 1.165) is 37.5 Å². The molecule has 128 valence electrons. The van der Waals surface area contributed by atoms with Crippen LogP contribution in [0.3, 0.4) is 0 Å².